The number of sulfonamides is 1. The average Bonchev–Trinajstić information content (AvgIpc) is 3.20. The zero-order chi connectivity index (χ0) is 15.6. The second-order valence-electron chi connectivity index (χ2n) is 6.03. The predicted molar refractivity (Wildman–Crippen MR) is 80.9 cm³/mol. The van der Waals surface area contributed by atoms with Crippen LogP contribution in [0.25, 0.3) is 0 Å². The van der Waals surface area contributed by atoms with Gasteiger partial charge in [0.25, 0.3) is 0 Å². The number of halogens is 1. The summed E-state index contributed by atoms with van der Waals surface area (Å²) in [6, 6.07) is 4.62. The number of hydrogen-bond acceptors (Lipinski definition) is 3. The van der Waals surface area contributed by atoms with Crippen molar-refractivity contribution in [2.45, 2.75) is 44.2 Å². The molecule has 1 aromatic carbocycles. The first-order valence-electron chi connectivity index (χ1n) is 7.29. The molecule has 1 aliphatic rings. The molecule has 0 heterocycles. The van der Waals surface area contributed by atoms with Crippen molar-refractivity contribution in [3.05, 3.63) is 29.6 Å². The smallest absolute Gasteiger partial charge is 0.245 e. The maximum absolute atomic E-state index is 14.1. The minimum atomic E-state index is -3.73. The van der Waals surface area contributed by atoms with Crippen molar-refractivity contribution in [2.75, 3.05) is 13.6 Å². The molecule has 0 saturated heterocycles. The van der Waals surface area contributed by atoms with Gasteiger partial charge in [-0.05, 0) is 36.5 Å². The molecule has 0 unspecified atom stereocenters. The van der Waals surface area contributed by atoms with Gasteiger partial charge in [0.2, 0.25) is 10.0 Å². The summed E-state index contributed by atoms with van der Waals surface area (Å²) in [6.07, 6.45) is 2.12. The van der Waals surface area contributed by atoms with Crippen LogP contribution in [0.15, 0.2) is 23.1 Å². The van der Waals surface area contributed by atoms with Crippen LogP contribution in [-0.4, -0.2) is 32.4 Å². The minimum Gasteiger partial charge on any atom is -0.310 e. The van der Waals surface area contributed by atoms with Crippen molar-refractivity contribution in [1.82, 2.24) is 9.62 Å². The van der Waals surface area contributed by atoms with E-state index in [0.717, 1.165) is 18.4 Å². The van der Waals surface area contributed by atoms with Crippen LogP contribution in [0.4, 0.5) is 4.39 Å². The molecule has 2 rings (SSSR count). The Morgan fingerprint density at radius 2 is 2.05 bits per heavy atom. The fourth-order valence-corrected chi connectivity index (χ4v) is 3.40. The zero-order valence-corrected chi connectivity index (χ0v) is 13.6. The van der Waals surface area contributed by atoms with Gasteiger partial charge >= 0.3 is 0 Å². The van der Waals surface area contributed by atoms with Crippen molar-refractivity contribution in [3.63, 3.8) is 0 Å². The third kappa shape index (κ3) is 4.25. The molecule has 0 radical (unpaired) electrons. The molecule has 0 spiro atoms. The Morgan fingerprint density at radius 3 is 2.57 bits per heavy atom. The molecule has 1 N–H and O–H groups in total. The van der Waals surface area contributed by atoms with Gasteiger partial charge in [0.1, 0.15) is 10.7 Å². The van der Waals surface area contributed by atoms with Crippen LogP contribution in [0, 0.1) is 11.7 Å². The van der Waals surface area contributed by atoms with Crippen LogP contribution in [-0.2, 0) is 16.6 Å². The summed E-state index contributed by atoms with van der Waals surface area (Å²) in [5.41, 5.74) is 0.741. The monoisotopic (exact) mass is 314 g/mol. The topological polar surface area (TPSA) is 49.4 Å². The lowest BCUT2D eigenvalue weighted by molar-refractivity contribution is 0.447. The maximum atomic E-state index is 14.1. The Morgan fingerprint density at radius 1 is 1.38 bits per heavy atom. The van der Waals surface area contributed by atoms with Crippen LogP contribution in [0.5, 0.6) is 0 Å². The Bertz CT molecular complexity index is 598. The molecular weight excluding hydrogens is 291 g/mol. The number of nitrogens with zero attached hydrogens (tertiary/aromatic N) is 1. The lowest BCUT2D eigenvalue weighted by atomic mass is 10.2. The van der Waals surface area contributed by atoms with E-state index in [0.29, 0.717) is 25.0 Å². The molecule has 6 heteroatoms. The van der Waals surface area contributed by atoms with E-state index in [-0.39, 0.29) is 4.90 Å². The van der Waals surface area contributed by atoms with Gasteiger partial charge in [0.05, 0.1) is 0 Å². The SMILES string of the molecule is CC(C)NCc1ccc(S(=O)(=O)N(C)CC2CC2)c(F)c1. The minimum absolute atomic E-state index is 0.237. The first-order chi connectivity index (χ1) is 9.80. The summed E-state index contributed by atoms with van der Waals surface area (Å²) in [4.78, 5) is -0.237. The highest BCUT2D eigenvalue weighted by Crippen LogP contribution is 2.31. The van der Waals surface area contributed by atoms with Crippen LogP contribution >= 0.6 is 0 Å². The third-order valence-corrected chi connectivity index (χ3v) is 5.47. The van der Waals surface area contributed by atoms with E-state index in [2.05, 4.69) is 5.32 Å². The van der Waals surface area contributed by atoms with Gasteiger partial charge in [0, 0.05) is 26.2 Å². The first kappa shape index (κ1) is 16.4. The maximum Gasteiger partial charge on any atom is 0.245 e. The highest BCUT2D eigenvalue weighted by Gasteiger charge is 2.30. The fraction of sp³-hybridized carbons (Fsp3) is 0.600. The summed E-state index contributed by atoms with van der Waals surface area (Å²) < 4.78 is 40.1. The number of benzene rings is 1. The third-order valence-electron chi connectivity index (χ3n) is 3.61. The van der Waals surface area contributed by atoms with Crippen molar-refractivity contribution in [1.29, 1.82) is 0 Å². The summed E-state index contributed by atoms with van der Waals surface area (Å²) in [6.45, 7) is 5.00. The van der Waals surface area contributed by atoms with Crippen molar-refractivity contribution in [2.24, 2.45) is 5.92 Å². The summed E-state index contributed by atoms with van der Waals surface area (Å²) in [5, 5.41) is 3.18. The van der Waals surface area contributed by atoms with Crippen molar-refractivity contribution >= 4 is 10.0 Å². The molecule has 1 aromatic rings. The molecule has 4 nitrogen and oxygen atoms in total. The molecule has 1 fully saturated rings. The highest BCUT2D eigenvalue weighted by molar-refractivity contribution is 7.89. The molecule has 0 aliphatic heterocycles. The molecule has 118 valence electrons. The van der Waals surface area contributed by atoms with Gasteiger partial charge in [-0.1, -0.05) is 19.9 Å². The van der Waals surface area contributed by atoms with E-state index in [1.54, 1.807) is 6.07 Å². The van der Waals surface area contributed by atoms with E-state index in [4.69, 9.17) is 0 Å². The standard InChI is InChI=1S/C15H23FN2O2S/c1-11(2)17-9-13-6-7-15(14(16)8-13)21(19,20)18(3)10-12-4-5-12/h6-8,11-12,17H,4-5,9-10H2,1-3H3. The normalized spacial score (nSPS) is 15.9. The van der Waals surface area contributed by atoms with Crippen LogP contribution in [0.2, 0.25) is 0 Å². The predicted octanol–water partition coefficient (Wildman–Crippen LogP) is 2.35. The van der Waals surface area contributed by atoms with Crippen LogP contribution in [0.3, 0.4) is 0 Å². The Balaban J connectivity index is 2.15. The molecule has 0 aromatic heterocycles. The molecule has 0 bridgehead atoms. The second kappa shape index (κ2) is 6.42. The summed E-state index contributed by atoms with van der Waals surface area (Å²) >= 11 is 0. The Kier molecular flexibility index (Phi) is 5.01. The van der Waals surface area contributed by atoms with Crippen molar-refractivity contribution in [3.8, 4) is 0 Å². The molecule has 1 saturated carbocycles. The van der Waals surface area contributed by atoms with Gasteiger partial charge in [-0.3, -0.25) is 0 Å². The lowest BCUT2D eigenvalue weighted by Crippen LogP contribution is -2.29. The molecule has 21 heavy (non-hydrogen) atoms. The lowest BCUT2D eigenvalue weighted by Gasteiger charge is -2.17. The molecular formula is C15H23FN2O2S. The van der Waals surface area contributed by atoms with E-state index in [1.165, 1.54) is 23.5 Å². The zero-order valence-electron chi connectivity index (χ0n) is 12.8. The summed E-state index contributed by atoms with van der Waals surface area (Å²) in [5.74, 6) is -0.247. The molecule has 0 amide bonds. The average molecular weight is 314 g/mol. The second-order valence-corrected chi connectivity index (χ2v) is 8.04. The van der Waals surface area contributed by atoms with E-state index < -0.39 is 15.8 Å². The van der Waals surface area contributed by atoms with Gasteiger partial charge in [0.15, 0.2) is 0 Å². The van der Waals surface area contributed by atoms with Gasteiger partial charge in [-0.25, -0.2) is 17.1 Å². The fourth-order valence-electron chi connectivity index (χ4n) is 2.12. The van der Waals surface area contributed by atoms with Gasteiger partial charge in [-0.2, -0.15) is 0 Å². The highest BCUT2D eigenvalue weighted by atomic mass is 32.2. The van der Waals surface area contributed by atoms with Crippen molar-refractivity contribution < 1.29 is 12.8 Å². The number of nitrogens with one attached hydrogen (secondary N) is 1. The summed E-state index contributed by atoms with van der Waals surface area (Å²) in [7, 11) is -2.22. The largest absolute Gasteiger partial charge is 0.310 e. The molecule has 0 atom stereocenters. The van der Waals surface area contributed by atoms with E-state index in [9.17, 15) is 12.8 Å². The quantitative estimate of drug-likeness (QED) is 0.840. The van der Waals surface area contributed by atoms with Crippen LogP contribution in [0.1, 0.15) is 32.3 Å². The van der Waals surface area contributed by atoms with Gasteiger partial charge in [-0.15, -0.1) is 0 Å². The molecule has 1 aliphatic carbocycles. The number of rotatable bonds is 7. The van der Waals surface area contributed by atoms with Crippen LogP contribution < -0.4 is 5.32 Å². The Hall–Kier alpha value is -0.980. The number of hydrogen-bond donors (Lipinski definition) is 1. The van der Waals surface area contributed by atoms with E-state index in [1.807, 2.05) is 13.8 Å². The Labute approximate surface area is 126 Å². The first-order valence-corrected chi connectivity index (χ1v) is 8.73. The van der Waals surface area contributed by atoms with Gasteiger partial charge < -0.3 is 5.32 Å². The van der Waals surface area contributed by atoms with E-state index >= 15 is 0 Å².